The van der Waals surface area contributed by atoms with Gasteiger partial charge in [-0.15, -0.1) is 0 Å². The highest BCUT2D eigenvalue weighted by Gasteiger charge is 2.29. The number of aliphatic hydroxyl groups is 1. The van der Waals surface area contributed by atoms with Crippen molar-refractivity contribution in [2.75, 3.05) is 44.7 Å². The normalized spacial score (nSPS) is 14.9. The van der Waals surface area contributed by atoms with Crippen LogP contribution < -0.4 is 4.90 Å². The molecule has 0 unspecified atom stereocenters. The van der Waals surface area contributed by atoms with E-state index in [0.29, 0.717) is 38.2 Å². The smallest absolute Gasteiger partial charge is 0.243 e. The van der Waals surface area contributed by atoms with E-state index in [1.165, 1.54) is 22.3 Å². The molecule has 0 radical (unpaired) electrons. The number of nitrogens with zero attached hydrogens (tertiary/aromatic N) is 5. The van der Waals surface area contributed by atoms with E-state index in [-0.39, 0.29) is 10.5 Å². The zero-order valence-corrected chi connectivity index (χ0v) is 22.2. The number of ketones is 1. The number of aromatic nitrogens is 2. The number of Topliss-reactive ketones (excluding diaryl/α,β-unsaturated/α-hetero) is 1. The van der Waals surface area contributed by atoms with E-state index >= 15 is 0 Å². The molecule has 0 amide bonds. The summed E-state index contributed by atoms with van der Waals surface area (Å²) in [6, 6.07) is 15.8. The molecule has 196 valence electrons. The topological polar surface area (TPSA) is 107 Å². The van der Waals surface area contributed by atoms with E-state index in [2.05, 4.69) is 47.9 Å². The fraction of sp³-hybridized carbons (Fsp3) is 0.370. The molecule has 0 atom stereocenters. The van der Waals surface area contributed by atoms with Gasteiger partial charge in [0.2, 0.25) is 16.0 Å². The Hall–Kier alpha value is -3.18. The monoisotopic (exact) mass is 523 g/mol. The highest BCUT2D eigenvalue weighted by molar-refractivity contribution is 7.89. The van der Waals surface area contributed by atoms with Gasteiger partial charge < -0.3 is 10.0 Å². The lowest BCUT2D eigenvalue weighted by atomic mass is 10.0. The van der Waals surface area contributed by atoms with E-state index in [1.54, 1.807) is 12.1 Å². The average Bonchev–Trinajstić information content (AvgIpc) is 2.93. The van der Waals surface area contributed by atoms with Crippen LogP contribution in [-0.2, 0) is 16.6 Å². The number of sulfonamides is 1. The Labute approximate surface area is 218 Å². The molecule has 0 spiro atoms. The first-order chi connectivity index (χ1) is 17.7. The number of hydrogen-bond donors (Lipinski definition) is 1. The predicted octanol–water partition coefficient (Wildman–Crippen LogP) is 2.67. The van der Waals surface area contributed by atoms with E-state index in [9.17, 15) is 13.2 Å². The standard InChI is InChI=1S/C27H33N5O4S/c1-20(2)30(3)18-21-5-4-6-23(15-21)22-7-9-25(10-8-22)37(35,36)32-13-11-31(12-14-32)27-28-16-24(17-29-27)26(34)19-33/h4-10,15-17,20,33H,11-14,18-19H2,1-3H3. The minimum absolute atomic E-state index is 0.241. The van der Waals surface area contributed by atoms with Crippen molar-refractivity contribution in [3.05, 3.63) is 72.1 Å². The highest BCUT2D eigenvalue weighted by Crippen LogP contribution is 2.25. The number of anilines is 1. The minimum atomic E-state index is -3.63. The second-order valence-corrected chi connectivity index (χ2v) is 11.4. The van der Waals surface area contributed by atoms with E-state index in [0.717, 1.165) is 17.7 Å². The van der Waals surface area contributed by atoms with Gasteiger partial charge in [-0.05, 0) is 55.8 Å². The van der Waals surface area contributed by atoms with Crippen LogP contribution in [0, 0.1) is 0 Å². The van der Waals surface area contributed by atoms with Gasteiger partial charge in [0.15, 0.2) is 5.78 Å². The third-order valence-electron chi connectivity index (χ3n) is 6.69. The Morgan fingerprint density at radius 2 is 1.65 bits per heavy atom. The van der Waals surface area contributed by atoms with Crippen LogP contribution in [0.2, 0.25) is 0 Å². The lowest BCUT2D eigenvalue weighted by molar-refractivity contribution is 0.0903. The summed E-state index contributed by atoms with van der Waals surface area (Å²) in [6.45, 7) is 6.05. The number of piperazine rings is 1. The molecule has 10 heteroatoms. The third kappa shape index (κ3) is 6.22. The molecule has 2 heterocycles. The first-order valence-electron chi connectivity index (χ1n) is 12.3. The molecule has 4 rings (SSSR count). The van der Waals surface area contributed by atoms with E-state index < -0.39 is 22.4 Å². The van der Waals surface area contributed by atoms with E-state index in [1.807, 2.05) is 29.2 Å². The lowest BCUT2D eigenvalue weighted by Gasteiger charge is -2.34. The maximum Gasteiger partial charge on any atom is 0.243 e. The first kappa shape index (κ1) is 26.9. The van der Waals surface area contributed by atoms with Crippen LogP contribution in [0.15, 0.2) is 65.8 Å². The number of carbonyl (C=O) groups excluding carboxylic acids is 1. The van der Waals surface area contributed by atoms with Gasteiger partial charge in [-0.2, -0.15) is 4.31 Å². The largest absolute Gasteiger partial charge is 0.388 e. The Morgan fingerprint density at radius 1 is 1.00 bits per heavy atom. The predicted molar refractivity (Wildman–Crippen MR) is 143 cm³/mol. The molecule has 0 bridgehead atoms. The fourth-order valence-corrected chi connectivity index (χ4v) is 5.56. The van der Waals surface area contributed by atoms with Crippen molar-refractivity contribution in [1.82, 2.24) is 19.2 Å². The third-order valence-corrected chi connectivity index (χ3v) is 8.60. The Morgan fingerprint density at radius 3 is 2.24 bits per heavy atom. The number of carbonyl (C=O) groups is 1. The molecule has 1 fully saturated rings. The average molecular weight is 524 g/mol. The zero-order valence-electron chi connectivity index (χ0n) is 21.4. The number of rotatable bonds is 9. The van der Waals surface area contributed by atoms with Crippen LogP contribution in [0.5, 0.6) is 0 Å². The van der Waals surface area contributed by atoms with Crippen molar-refractivity contribution in [3.8, 4) is 11.1 Å². The molecule has 1 saturated heterocycles. The first-order valence-corrected chi connectivity index (χ1v) is 13.7. The van der Waals surface area contributed by atoms with Crippen molar-refractivity contribution in [3.63, 3.8) is 0 Å². The summed E-state index contributed by atoms with van der Waals surface area (Å²) in [6.07, 6.45) is 2.76. The molecular formula is C27H33N5O4S. The van der Waals surface area contributed by atoms with Gasteiger partial charge in [0, 0.05) is 51.2 Å². The maximum atomic E-state index is 13.3. The summed E-state index contributed by atoms with van der Waals surface area (Å²) >= 11 is 0. The number of hydrogen-bond acceptors (Lipinski definition) is 8. The van der Waals surface area contributed by atoms with Crippen molar-refractivity contribution in [2.45, 2.75) is 31.3 Å². The van der Waals surface area contributed by atoms with Crippen molar-refractivity contribution in [2.24, 2.45) is 0 Å². The molecule has 2 aromatic carbocycles. The van der Waals surface area contributed by atoms with E-state index in [4.69, 9.17) is 5.11 Å². The SMILES string of the molecule is CC(C)N(C)Cc1cccc(-c2ccc(S(=O)(=O)N3CCN(c4ncc(C(=O)CO)cn4)CC3)cc2)c1. The summed E-state index contributed by atoms with van der Waals surface area (Å²) in [5.41, 5.74) is 3.48. The van der Waals surface area contributed by atoms with Crippen LogP contribution >= 0.6 is 0 Å². The molecule has 0 aliphatic carbocycles. The zero-order chi connectivity index (χ0) is 26.6. The van der Waals surface area contributed by atoms with Gasteiger partial charge in [-0.1, -0.05) is 30.3 Å². The molecule has 9 nitrogen and oxygen atoms in total. The lowest BCUT2D eigenvalue weighted by Crippen LogP contribution is -2.49. The molecule has 1 aromatic heterocycles. The second kappa shape index (κ2) is 11.5. The summed E-state index contributed by atoms with van der Waals surface area (Å²) < 4.78 is 28.0. The Balaban J connectivity index is 1.41. The number of benzene rings is 2. The Kier molecular flexibility index (Phi) is 8.33. The van der Waals surface area contributed by atoms with Gasteiger partial charge >= 0.3 is 0 Å². The molecular weight excluding hydrogens is 490 g/mol. The summed E-state index contributed by atoms with van der Waals surface area (Å²) in [5, 5.41) is 8.96. The van der Waals surface area contributed by atoms with Crippen molar-refractivity contribution < 1.29 is 18.3 Å². The van der Waals surface area contributed by atoms with Crippen LogP contribution in [0.25, 0.3) is 11.1 Å². The van der Waals surface area contributed by atoms with Crippen molar-refractivity contribution >= 4 is 21.8 Å². The van der Waals surface area contributed by atoms with Crippen LogP contribution in [-0.4, -0.2) is 84.4 Å². The van der Waals surface area contributed by atoms with Crippen molar-refractivity contribution in [1.29, 1.82) is 0 Å². The van der Waals surface area contributed by atoms with Crippen LogP contribution in [0.4, 0.5) is 5.95 Å². The number of aliphatic hydroxyl groups excluding tert-OH is 1. The minimum Gasteiger partial charge on any atom is -0.388 e. The highest BCUT2D eigenvalue weighted by atomic mass is 32.2. The Bertz CT molecular complexity index is 1320. The maximum absolute atomic E-state index is 13.3. The van der Waals surface area contributed by atoms with Gasteiger partial charge in [-0.25, -0.2) is 18.4 Å². The van der Waals surface area contributed by atoms with Crippen LogP contribution in [0.1, 0.15) is 29.8 Å². The van der Waals surface area contributed by atoms with Gasteiger partial charge in [0.05, 0.1) is 10.5 Å². The molecule has 1 aliphatic rings. The molecule has 37 heavy (non-hydrogen) atoms. The van der Waals surface area contributed by atoms with Gasteiger partial charge in [0.25, 0.3) is 0 Å². The molecule has 0 saturated carbocycles. The fourth-order valence-electron chi connectivity index (χ4n) is 4.14. The van der Waals surface area contributed by atoms with Gasteiger partial charge in [-0.3, -0.25) is 9.69 Å². The quantitative estimate of drug-likeness (QED) is 0.427. The second-order valence-electron chi connectivity index (χ2n) is 9.48. The van der Waals surface area contributed by atoms with Gasteiger partial charge in [0.1, 0.15) is 6.61 Å². The summed E-state index contributed by atoms with van der Waals surface area (Å²) in [5.74, 6) is -0.0161. The summed E-state index contributed by atoms with van der Waals surface area (Å²) in [7, 11) is -1.54. The molecule has 3 aromatic rings. The van der Waals surface area contributed by atoms with Crippen LogP contribution in [0.3, 0.4) is 0 Å². The molecule has 1 aliphatic heterocycles. The summed E-state index contributed by atoms with van der Waals surface area (Å²) in [4.78, 5) is 24.4. The molecule has 1 N–H and O–H groups in total.